The molecule has 246 valence electrons. The van der Waals surface area contributed by atoms with E-state index >= 15 is 0 Å². The van der Waals surface area contributed by atoms with Crippen LogP contribution in [0.5, 0.6) is 23.0 Å². The third-order valence-electron chi connectivity index (χ3n) is 8.34. The molecular formula is C37H38N6O5. The van der Waals surface area contributed by atoms with Gasteiger partial charge in [-0.15, -0.1) is 15.0 Å². The van der Waals surface area contributed by atoms with Crippen LogP contribution in [-0.4, -0.2) is 72.5 Å². The maximum atomic E-state index is 12.9. The van der Waals surface area contributed by atoms with Crippen molar-refractivity contribution in [3.63, 3.8) is 0 Å². The molecule has 1 amide bonds. The monoisotopic (exact) mass is 646 g/mol. The van der Waals surface area contributed by atoms with E-state index in [1.165, 1.54) is 34.7 Å². The molecule has 2 heterocycles. The average Bonchev–Trinajstić information content (AvgIpc) is 3.63. The highest BCUT2D eigenvalue weighted by molar-refractivity contribution is 6.04. The van der Waals surface area contributed by atoms with Gasteiger partial charge in [-0.2, -0.15) is 0 Å². The fraction of sp³-hybridized carbons (Fsp3) is 0.243. The van der Waals surface area contributed by atoms with Gasteiger partial charge in [-0.3, -0.25) is 9.69 Å². The lowest BCUT2D eigenvalue weighted by Crippen LogP contribution is -2.32. The van der Waals surface area contributed by atoms with Crippen LogP contribution in [0.1, 0.15) is 22.3 Å². The zero-order chi connectivity index (χ0) is 33.5. The van der Waals surface area contributed by atoms with Crippen molar-refractivity contribution in [3.05, 3.63) is 107 Å². The van der Waals surface area contributed by atoms with Crippen LogP contribution in [0.15, 0.2) is 84.9 Å². The Morgan fingerprint density at radius 2 is 1.50 bits per heavy atom. The largest absolute Gasteiger partial charge is 0.493 e. The summed E-state index contributed by atoms with van der Waals surface area (Å²) in [6.07, 6.45) is 5.10. The van der Waals surface area contributed by atoms with E-state index in [0.717, 1.165) is 55.2 Å². The molecule has 0 aliphatic carbocycles. The number of hydrogen-bond acceptors (Lipinski definition) is 9. The number of benzene rings is 4. The average molecular weight is 647 g/mol. The number of methoxy groups -OCH3 is 4. The molecule has 0 saturated carbocycles. The van der Waals surface area contributed by atoms with Crippen molar-refractivity contribution in [2.24, 2.45) is 0 Å². The number of anilines is 1. The summed E-state index contributed by atoms with van der Waals surface area (Å²) in [5.41, 5.74) is 6.49. The molecule has 0 atom stereocenters. The number of fused-ring (bicyclic) bond motifs is 1. The second-order valence-electron chi connectivity index (χ2n) is 11.3. The standard InChI is InChI=1S/C37H38N6O5/c1-45-32-20-27-17-19-42(24-28(27)21-33(32)46-2)18-16-26-10-13-29(14-11-26)43-40-37(39-41-43)30-22-34(47-3)35(48-4)23-31(30)38-36(44)15-12-25-8-6-5-7-9-25/h5-15,20-23H,16-19,24H2,1-4H3,(H,38,44). The van der Waals surface area contributed by atoms with Gasteiger partial charge in [0.2, 0.25) is 11.7 Å². The van der Waals surface area contributed by atoms with Crippen LogP contribution in [0.3, 0.4) is 0 Å². The molecule has 0 bridgehead atoms. The van der Waals surface area contributed by atoms with Crippen LogP contribution in [-0.2, 0) is 24.2 Å². The summed E-state index contributed by atoms with van der Waals surface area (Å²) in [6.45, 7) is 2.81. The summed E-state index contributed by atoms with van der Waals surface area (Å²) in [6, 6.07) is 25.3. The highest BCUT2D eigenvalue weighted by Gasteiger charge is 2.20. The number of hydrogen-bond donors (Lipinski definition) is 1. The molecule has 1 aliphatic rings. The van der Waals surface area contributed by atoms with E-state index < -0.39 is 0 Å². The van der Waals surface area contributed by atoms with E-state index in [0.29, 0.717) is 28.6 Å². The lowest BCUT2D eigenvalue weighted by molar-refractivity contribution is -0.111. The molecule has 0 saturated heterocycles. The van der Waals surface area contributed by atoms with E-state index in [1.807, 2.05) is 42.5 Å². The molecular weight excluding hydrogens is 608 g/mol. The Hall–Kier alpha value is -5.68. The van der Waals surface area contributed by atoms with Crippen LogP contribution in [0.4, 0.5) is 5.69 Å². The first-order valence-corrected chi connectivity index (χ1v) is 15.6. The van der Waals surface area contributed by atoms with Crippen molar-refractivity contribution < 1.29 is 23.7 Å². The first-order chi connectivity index (χ1) is 23.5. The Bertz CT molecular complexity index is 1910. The summed E-state index contributed by atoms with van der Waals surface area (Å²) in [7, 11) is 6.43. The van der Waals surface area contributed by atoms with Gasteiger partial charge in [0.25, 0.3) is 0 Å². The maximum absolute atomic E-state index is 12.9. The molecule has 11 heteroatoms. The molecule has 1 N–H and O–H groups in total. The van der Waals surface area contributed by atoms with E-state index in [1.54, 1.807) is 39.5 Å². The Kier molecular flexibility index (Phi) is 9.96. The van der Waals surface area contributed by atoms with Gasteiger partial charge >= 0.3 is 0 Å². The maximum Gasteiger partial charge on any atom is 0.248 e. The molecule has 1 aromatic heterocycles. The Labute approximate surface area is 279 Å². The minimum absolute atomic E-state index is 0.316. The summed E-state index contributed by atoms with van der Waals surface area (Å²) < 4.78 is 22.0. The van der Waals surface area contributed by atoms with Crippen LogP contribution >= 0.6 is 0 Å². The molecule has 11 nitrogen and oxygen atoms in total. The third kappa shape index (κ3) is 7.31. The molecule has 0 radical (unpaired) electrons. The van der Waals surface area contributed by atoms with E-state index in [9.17, 15) is 4.79 Å². The number of rotatable bonds is 12. The van der Waals surface area contributed by atoms with Crippen molar-refractivity contribution in [2.45, 2.75) is 19.4 Å². The minimum atomic E-state index is -0.316. The van der Waals surface area contributed by atoms with E-state index in [4.69, 9.17) is 18.9 Å². The fourth-order valence-corrected chi connectivity index (χ4v) is 5.73. The van der Waals surface area contributed by atoms with Crippen LogP contribution in [0, 0.1) is 0 Å². The quantitative estimate of drug-likeness (QED) is 0.173. The molecule has 0 spiro atoms. The Morgan fingerprint density at radius 1 is 0.833 bits per heavy atom. The van der Waals surface area contributed by atoms with Crippen molar-refractivity contribution >= 4 is 17.7 Å². The summed E-state index contributed by atoms with van der Waals surface area (Å²) >= 11 is 0. The molecule has 1 aliphatic heterocycles. The summed E-state index contributed by atoms with van der Waals surface area (Å²) in [5.74, 6) is 2.48. The number of aromatic nitrogens is 4. The lowest BCUT2D eigenvalue weighted by atomic mass is 9.98. The van der Waals surface area contributed by atoms with Gasteiger partial charge in [0, 0.05) is 31.8 Å². The smallest absolute Gasteiger partial charge is 0.248 e. The third-order valence-corrected chi connectivity index (χ3v) is 8.34. The zero-order valence-corrected chi connectivity index (χ0v) is 27.5. The SMILES string of the molecule is COc1cc2c(cc1OC)CN(CCc1ccc(-n3nnc(-c4cc(OC)c(OC)cc4NC(=O)C=Cc4ccccc4)n3)cc1)CC2. The minimum Gasteiger partial charge on any atom is -0.493 e. The number of carbonyl (C=O) groups is 1. The van der Waals surface area contributed by atoms with Crippen molar-refractivity contribution in [2.75, 3.05) is 46.8 Å². The Balaban J connectivity index is 1.14. The van der Waals surface area contributed by atoms with Crippen molar-refractivity contribution in [3.8, 4) is 40.1 Å². The molecule has 0 unspecified atom stereocenters. The highest BCUT2D eigenvalue weighted by Crippen LogP contribution is 2.38. The summed E-state index contributed by atoms with van der Waals surface area (Å²) in [5, 5.41) is 16.2. The normalized spacial score (nSPS) is 12.8. The number of nitrogens with zero attached hydrogens (tertiary/aromatic N) is 5. The number of nitrogens with one attached hydrogen (secondary N) is 1. The predicted octanol–water partition coefficient (Wildman–Crippen LogP) is 5.62. The van der Waals surface area contributed by atoms with Crippen molar-refractivity contribution in [1.82, 2.24) is 25.1 Å². The summed E-state index contributed by atoms with van der Waals surface area (Å²) in [4.78, 5) is 16.8. The second-order valence-corrected chi connectivity index (χ2v) is 11.3. The van der Waals surface area contributed by atoms with Gasteiger partial charge in [0.15, 0.2) is 23.0 Å². The number of amides is 1. The molecule has 4 aromatic carbocycles. The van der Waals surface area contributed by atoms with Gasteiger partial charge in [-0.1, -0.05) is 42.5 Å². The fourth-order valence-electron chi connectivity index (χ4n) is 5.73. The van der Waals surface area contributed by atoms with Crippen LogP contribution in [0.2, 0.25) is 0 Å². The van der Waals surface area contributed by atoms with E-state index in [-0.39, 0.29) is 5.91 Å². The molecule has 5 aromatic rings. The van der Waals surface area contributed by atoms with Gasteiger partial charge in [0.1, 0.15) is 0 Å². The molecule has 48 heavy (non-hydrogen) atoms. The first kappa shape index (κ1) is 32.3. The highest BCUT2D eigenvalue weighted by atomic mass is 16.5. The van der Waals surface area contributed by atoms with Gasteiger partial charge in [0.05, 0.1) is 45.4 Å². The van der Waals surface area contributed by atoms with Gasteiger partial charge in [-0.05, 0) is 76.7 Å². The lowest BCUT2D eigenvalue weighted by Gasteiger charge is -2.29. The molecule has 0 fully saturated rings. The number of carbonyl (C=O) groups excluding carboxylic acids is 1. The number of tetrazole rings is 1. The predicted molar refractivity (Wildman–Crippen MR) is 184 cm³/mol. The second kappa shape index (κ2) is 14.8. The number of ether oxygens (including phenoxy) is 4. The Morgan fingerprint density at radius 3 is 2.21 bits per heavy atom. The topological polar surface area (TPSA) is 113 Å². The zero-order valence-electron chi connectivity index (χ0n) is 27.5. The van der Waals surface area contributed by atoms with Crippen molar-refractivity contribution in [1.29, 1.82) is 0 Å². The van der Waals surface area contributed by atoms with E-state index in [2.05, 4.69) is 49.9 Å². The van der Waals surface area contributed by atoms with Gasteiger partial charge in [-0.25, -0.2) is 0 Å². The molecule has 6 rings (SSSR count). The van der Waals surface area contributed by atoms with Crippen LogP contribution < -0.4 is 24.3 Å². The van der Waals surface area contributed by atoms with Gasteiger partial charge < -0.3 is 24.3 Å². The first-order valence-electron chi connectivity index (χ1n) is 15.6. The van der Waals surface area contributed by atoms with Crippen LogP contribution in [0.25, 0.3) is 23.2 Å².